The van der Waals surface area contributed by atoms with Gasteiger partial charge in [0.1, 0.15) is 9.96 Å². The van der Waals surface area contributed by atoms with E-state index >= 15 is 0 Å². The van der Waals surface area contributed by atoms with Gasteiger partial charge in [-0.05, 0) is 46.1 Å². The number of nitrogens with one attached hydrogen (secondary N) is 1. The van der Waals surface area contributed by atoms with Crippen molar-refractivity contribution in [2.75, 3.05) is 13.7 Å². The third-order valence-corrected chi connectivity index (χ3v) is 7.43. The molecule has 1 unspecified atom stereocenters. The minimum Gasteiger partial charge on any atom is -0.497 e. The zero-order valence-corrected chi connectivity index (χ0v) is 15.3. The Kier molecular flexibility index (Phi) is 5.62. The molecule has 2 aromatic rings. The highest BCUT2D eigenvalue weighted by Crippen LogP contribution is 2.30. The van der Waals surface area contributed by atoms with Gasteiger partial charge in [-0.1, -0.05) is 12.1 Å². The fourth-order valence-corrected chi connectivity index (χ4v) is 5.11. The number of benzene rings is 1. The molecular formula is C14H16BrNO4S2. The SMILES string of the molecule is COc1ccc(C(O)CNS(=O)(=O)c2scc(Br)c2C)cc1. The summed E-state index contributed by atoms with van der Waals surface area (Å²) in [5.41, 5.74) is 1.28. The number of methoxy groups -OCH3 is 1. The lowest BCUT2D eigenvalue weighted by Gasteiger charge is -2.13. The summed E-state index contributed by atoms with van der Waals surface area (Å²) in [7, 11) is -2.08. The van der Waals surface area contributed by atoms with Crippen LogP contribution in [-0.4, -0.2) is 27.2 Å². The predicted octanol–water partition coefficient (Wildman–Crippen LogP) is 2.84. The molecule has 1 heterocycles. The average molecular weight is 406 g/mol. The molecule has 5 nitrogen and oxygen atoms in total. The highest BCUT2D eigenvalue weighted by molar-refractivity contribution is 9.10. The first-order valence-corrected chi connectivity index (χ1v) is 9.56. The van der Waals surface area contributed by atoms with Crippen LogP contribution in [0, 0.1) is 6.92 Å². The first kappa shape index (κ1) is 17.4. The second-order valence-corrected chi connectivity index (χ2v) is 8.33. The van der Waals surface area contributed by atoms with E-state index < -0.39 is 16.1 Å². The molecular weight excluding hydrogens is 390 g/mol. The summed E-state index contributed by atoms with van der Waals surface area (Å²) in [6, 6.07) is 6.83. The molecule has 2 N–H and O–H groups in total. The summed E-state index contributed by atoms with van der Waals surface area (Å²) in [6.45, 7) is 1.64. The molecule has 0 radical (unpaired) electrons. The van der Waals surface area contributed by atoms with E-state index in [1.807, 2.05) is 0 Å². The molecule has 1 aromatic heterocycles. The Morgan fingerprint density at radius 1 is 1.36 bits per heavy atom. The van der Waals surface area contributed by atoms with Crippen LogP contribution in [0.15, 0.2) is 38.3 Å². The van der Waals surface area contributed by atoms with E-state index in [4.69, 9.17) is 4.74 Å². The van der Waals surface area contributed by atoms with E-state index in [-0.39, 0.29) is 10.8 Å². The van der Waals surface area contributed by atoms with Gasteiger partial charge < -0.3 is 9.84 Å². The Hall–Kier alpha value is -0.930. The minimum absolute atomic E-state index is 0.0936. The van der Waals surface area contributed by atoms with Gasteiger partial charge in [-0.25, -0.2) is 13.1 Å². The second-order valence-electron chi connectivity index (χ2n) is 4.64. The third-order valence-electron chi connectivity index (χ3n) is 3.15. The second kappa shape index (κ2) is 7.10. The van der Waals surface area contributed by atoms with Crippen molar-refractivity contribution >= 4 is 37.3 Å². The summed E-state index contributed by atoms with van der Waals surface area (Å²) in [4.78, 5) is 0. The maximum Gasteiger partial charge on any atom is 0.250 e. The predicted molar refractivity (Wildman–Crippen MR) is 89.9 cm³/mol. The maximum atomic E-state index is 12.2. The van der Waals surface area contributed by atoms with Crippen LogP contribution >= 0.6 is 27.3 Å². The van der Waals surface area contributed by atoms with Crippen LogP contribution in [0.5, 0.6) is 5.75 Å². The van der Waals surface area contributed by atoms with Crippen molar-refractivity contribution in [1.82, 2.24) is 4.72 Å². The smallest absolute Gasteiger partial charge is 0.250 e. The van der Waals surface area contributed by atoms with Crippen molar-refractivity contribution in [3.8, 4) is 5.75 Å². The van der Waals surface area contributed by atoms with E-state index in [0.29, 0.717) is 16.9 Å². The molecule has 0 spiro atoms. The number of halogens is 1. The van der Waals surface area contributed by atoms with Gasteiger partial charge in [0.2, 0.25) is 10.0 Å². The van der Waals surface area contributed by atoms with Crippen LogP contribution in [0.3, 0.4) is 0 Å². The number of thiophene rings is 1. The van der Waals surface area contributed by atoms with Gasteiger partial charge in [0.25, 0.3) is 0 Å². The lowest BCUT2D eigenvalue weighted by atomic mass is 10.1. The molecule has 8 heteroatoms. The lowest BCUT2D eigenvalue weighted by molar-refractivity contribution is 0.182. The number of sulfonamides is 1. The fraction of sp³-hybridized carbons (Fsp3) is 0.286. The van der Waals surface area contributed by atoms with E-state index in [2.05, 4.69) is 20.7 Å². The van der Waals surface area contributed by atoms with Crippen molar-refractivity contribution in [3.05, 3.63) is 45.2 Å². The van der Waals surface area contributed by atoms with Crippen molar-refractivity contribution in [2.45, 2.75) is 17.2 Å². The summed E-state index contributed by atoms with van der Waals surface area (Å²) >= 11 is 4.44. The van der Waals surface area contributed by atoms with Crippen molar-refractivity contribution in [3.63, 3.8) is 0 Å². The maximum absolute atomic E-state index is 12.2. The van der Waals surface area contributed by atoms with Crippen LogP contribution in [0.2, 0.25) is 0 Å². The summed E-state index contributed by atoms with van der Waals surface area (Å²) in [5, 5.41) is 11.8. The van der Waals surface area contributed by atoms with Crippen LogP contribution < -0.4 is 9.46 Å². The van der Waals surface area contributed by atoms with Gasteiger partial charge in [0, 0.05) is 16.4 Å². The van der Waals surface area contributed by atoms with Crippen LogP contribution in [0.1, 0.15) is 17.2 Å². The van der Waals surface area contributed by atoms with Gasteiger partial charge in [-0.15, -0.1) is 11.3 Å². The first-order chi connectivity index (χ1) is 10.3. The van der Waals surface area contributed by atoms with E-state index in [9.17, 15) is 13.5 Å². The van der Waals surface area contributed by atoms with Gasteiger partial charge in [-0.2, -0.15) is 0 Å². The number of aliphatic hydroxyl groups excluding tert-OH is 1. The normalized spacial score (nSPS) is 13.1. The Labute approximate surface area is 142 Å². The van der Waals surface area contributed by atoms with E-state index in [1.165, 1.54) is 0 Å². The number of aliphatic hydroxyl groups is 1. The molecule has 0 saturated heterocycles. The van der Waals surface area contributed by atoms with Crippen molar-refractivity contribution in [2.24, 2.45) is 0 Å². The van der Waals surface area contributed by atoms with Crippen molar-refractivity contribution < 1.29 is 18.3 Å². The molecule has 0 amide bonds. The van der Waals surface area contributed by atoms with Crippen LogP contribution in [-0.2, 0) is 10.0 Å². The van der Waals surface area contributed by atoms with E-state index in [1.54, 1.807) is 43.7 Å². The number of ether oxygens (including phenoxy) is 1. The molecule has 22 heavy (non-hydrogen) atoms. The van der Waals surface area contributed by atoms with Gasteiger partial charge in [-0.3, -0.25) is 0 Å². The standard InChI is InChI=1S/C14H16BrNO4S2/c1-9-12(15)8-21-14(9)22(18,19)16-7-13(17)10-3-5-11(20-2)6-4-10/h3-6,8,13,16-17H,7H2,1-2H3. The number of hydrogen-bond acceptors (Lipinski definition) is 5. The molecule has 0 aliphatic rings. The van der Waals surface area contributed by atoms with Gasteiger partial charge in [0.15, 0.2) is 0 Å². The van der Waals surface area contributed by atoms with Gasteiger partial charge in [0.05, 0.1) is 13.2 Å². The van der Waals surface area contributed by atoms with Crippen LogP contribution in [0.4, 0.5) is 0 Å². The number of hydrogen-bond donors (Lipinski definition) is 2. The Balaban J connectivity index is 2.06. The van der Waals surface area contributed by atoms with Crippen molar-refractivity contribution in [1.29, 1.82) is 0 Å². The fourth-order valence-electron chi connectivity index (χ4n) is 1.84. The first-order valence-electron chi connectivity index (χ1n) is 6.40. The number of rotatable bonds is 6. The molecule has 1 atom stereocenters. The van der Waals surface area contributed by atoms with Crippen LogP contribution in [0.25, 0.3) is 0 Å². The van der Waals surface area contributed by atoms with E-state index in [0.717, 1.165) is 15.8 Å². The summed E-state index contributed by atoms with van der Waals surface area (Å²) in [6.07, 6.45) is -0.926. The lowest BCUT2D eigenvalue weighted by Crippen LogP contribution is -2.28. The quantitative estimate of drug-likeness (QED) is 0.774. The Morgan fingerprint density at radius 2 is 2.00 bits per heavy atom. The molecule has 0 bridgehead atoms. The molecule has 0 aliphatic heterocycles. The minimum atomic E-state index is -3.63. The highest BCUT2D eigenvalue weighted by atomic mass is 79.9. The molecule has 0 saturated carbocycles. The molecule has 1 aromatic carbocycles. The molecule has 2 rings (SSSR count). The zero-order valence-electron chi connectivity index (χ0n) is 12.0. The Bertz CT molecular complexity index is 741. The topological polar surface area (TPSA) is 75.6 Å². The molecule has 120 valence electrons. The molecule has 0 fully saturated rings. The molecule has 0 aliphatic carbocycles. The summed E-state index contributed by atoms with van der Waals surface area (Å²) < 4.78 is 33.0. The highest BCUT2D eigenvalue weighted by Gasteiger charge is 2.21. The third kappa shape index (κ3) is 3.88. The Morgan fingerprint density at radius 3 is 2.50 bits per heavy atom. The summed E-state index contributed by atoms with van der Waals surface area (Å²) in [5.74, 6) is 0.676. The van der Waals surface area contributed by atoms with Gasteiger partial charge >= 0.3 is 0 Å². The largest absolute Gasteiger partial charge is 0.497 e. The monoisotopic (exact) mass is 405 g/mol. The average Bonchev–Trinajstić information content (AvgIpc) is 2.85. The zero-order chi connectivity index (χ0) is 16.3.